The Bertz CT molecular complexity index is 216. The number of aromatic nitrogens is 1. The highest BCUT2D eigenvalue weighted by molar-refractivity contribution is 7.09. The molecule has 1 aromatic rings. The second-order valence-electron chi connectivity index (χ2n) is 2.58. The number of nitrogens with one attached hydrogen (secondary N) is 1. The lowest BCUT2D eigenvalue weighted by molar-refractivity contribution is -0.00871. The summed E-state index contributed by atoms with van der Waals surface area (Å²) < 4.78 is 4.84. The molecule has 0 aliphatic carbocycles. The maximum Gasteiger partial charge on any atom is 0.0916 e. The smallest absolute Gasteiger partial charge is 0.0916 e. The van der Waals surface area contributed by atoms with Crippen LogP contribution in [0.25, 0.3) is 0 Å². The fourth-order valence-corrected chi connectivity index (χ4v) is 1.42. The Morgan fingerprint density at radius 1 is 1.62 bits per heavy atom. The first-order valence-corrected chi connectivity index (χ1v) is 4.97. The van der Waals surface area contributed by atoms with Crippen LogP contribution < -0.4 is 5.48 Å². The minimum absolute atomic E-state index is 0.185. The van der Waals surface area contributed by atoms with E-state index in [0.717, 1.165) is 4.88 Å². The summed E-state index contributed by atoms with van der Waals surface area (Å²) in [5, 5.41) is 0. The summed E-state index contributed by atoms with van der Waals surface area (Å²) in [4.78, 5) is 10.3. The Hall–Kier alpha value is -0.490. The van der Waals surface area contributed by atoms with E-state index in [-0.39, 0.29) is 6.04 Å². The van der Waals surface area contributed by atoms with Gasteiger partial charge in [0.25, 0.3) is 0 Å². The molecular formula is C8H14N2O2S. The second-order valence-corrected chi connectivity index (χ2v) is 3.50. The standard InChI is InChI=1S/C8H14N2O2S/c1-7(8-5-9-6-13-8)10-12-4-3-11-2/h5-7,10H,3-4H2,1-2H3. The van der Waals surface area contributed by atoms with Crippen LogP contribution in [-0.4, -0.2) is 25.3 Å². The molecule has 1 heterocycles. The van der Waals surface area contributed by atoms with Crippen LogP contribution in [0.3, 0.4) is 0 Å². The van der Waals surface area contributed by atoms with Crippen LogP contribution in [-0.2, 0) is 9.57 Å². The van der Waals surface area contributed by atoms with Crippen LogP contribution in [0.4, 0.5) is 0 Å². The van der Waals surface area contributed by atoms with Crippen molar-refractivity contribution in [2.75, 3.05) is 20.3 Å². The highest BCUT2D eigenvalue weighted by atomic mass is 32.1. The Morgan fingerprint density at radius 3 is 3.08 bits per heavy atom. The van der Waals surface area contributed by atoms with Gasteiger partial charge < -0.3 is 4.74 Å². The monoisotopic (exact) mass is 202 g/mol. The number of hydrogen-bond acceptors (Lipinski definition) is 5. The number of hydroxylamine groups is 1. The predicted octanol–water partition coefficient (Wildman–Crippen LogP) is 1.37. The van der Waals surface area contributed by atoms with Gasteiger partial charge in [0.05, 0.1) is 24.8 Å². The fourth-order valence-electron chi connectivity index (χ4n) is 0.806. The van der Waals surface area contributed by atoms with Gasteiger partial charge >= 0.3 is 0 Å². The first kappa shape index (κ1) is 10.6. The molecule has 1 unspecified atom stereocenters. The molecule has 0 aromatic carbocycles. The Labute approximate surface area is 81.8 Å². The van der Waals surface area contributed by atoms with Crippen LogP contribution >= 0.6 is 11.3 Å². The zero-order chi connectivity index (χ0) is 9.52. The molecule has 0 saturated heterocycles. The first-order chi connectivity index (χ1) is 6.34. The molecule has 1 N–H and O–H groups in total. The van der Waals surface area contributed by atoms with E-state index >= 15 is 0 Å². The van der Waals surface area contributed by atoms with Crippen LogP contribution in [0.1, 0.15) is 17.8 Å². The van der Waals surface area contributed by atoms with Crippen molar-refractivity contribution in [2.24, 2.45) is 0 Å². The maximum atomic E-state index is 5.16. The predicted molar refractivity (Wildman–Crippen MR) is 51.5 cm³/mol. The quantitative estimate of drug-likeness (QED) is 0.559. The number of rotatable bonds is 6. The third-order valence-electron chi connectivity index (χ3n) is 1.53. The summed E-state index contributed by atoms with van der Waals surface area (Å²) in [5.74, 6) is 0. The van der Waals surface area contributed by atoms with Crippen molar-refractivity contribution in [2.45, 2.75) is 13.0 Å². The molecule has 74 valence electrons. The van der Waals surface area contributed by atoms with Gasteiger partial charge in [-0.3, -0.25) is 9.82 Å². The number of nitrogens with zero attached hydrogens (tertiary/aromatic N) is 1. The van der Waals surface area contributed by atoms with Gasteiger partial charge in [0, 0.05) is 18.2 Å². The molecule has 0 bridgehead atoms. The van der Waals surface area contributed by atoms with E-state index in [1.165, 1.54) is 0 Å². The Balaban J connectivity index is 2.15. The zero-order valence-corrected chi connectivity index (χ0v) is 8.63. The van der Waals surface area contributed by atoms with Crippen LogP contribution in [0, 0.1) is 0 Å². The van der Waals surface area contributed by atoms with Crippen LogP contribution in [0.2, 0.25) is 0 Å². The maximum absolute atomic E-state index is 5.16. The van der Waals surface area contributed by atoms with Gasteiger partial charge in [0.15, 0.2) is 0 Å². The first-order valence-electron chi connectivity index (χ1n) is 4.09. The van der Waals surface area contributed by atoms with Crippen LogP contribution in [0.15, 0.2) is 11.7 Å². The highest BCUT2D eigenvalue weighted by Gasteiger charge is 2.05. The summed E-state index contributed by atoms with van der Waals surface area (Å²) in [6.45, 7) is 3.18. The van der Waals surface area contributed by atoms with E-state index < -0.39 is 0 Å². The van der Waals surface area contributed by atoms with Crippen molar-refractivity contribution in [3.8, 4) is 0 Å². The molecule has 0 aliphatic heterocycles. The van der Waals surface area contributed by atoms with Gasteiger partial charge in [-0.25, -0.2) is 0 Å². The molecule has 0 spiro atoms. The molecule has 0 radical (unpaired) electrons. The normalized spacial score (nSPS) is 13.1. The van der Waals surface area contributed by atoms with E-state index in [4.69, 9.17) is 9.57 Å². The lowest BCUT2D eigenvalue weighted by atomic mass is 10.3. The summed E-state index contributed by atoms with van der Waals surface area (Å²) in [7, 11) is 1.65. The minimum atomic E-state index is 0.185. The minimum Gasteiger partial charge on any atom is -0.382 e. The SMILES string of the molecule is COCCONC(C)c1cncs1. The van der Waals surface area contributed by atoms with Gasteiger partial charge in [-0.2, -0.15) is 5.48 Å². The molecule has 4 nitrogen and oxygen atoms in total. The molecule has 0 aliphatic rings. The van der Waals surface area contributed by atoms with E-state index in [0.29, 0.717) is 13.2 Å². The lowest BCUT2D eigenvalue weighted by Crippen LogP contribution is -2.20. The molecule has 0 saturated carbocycles. The van der Waals surface area contributed by atoms with Crippen molar-refractivity contribution in [3.05, 3.63) is 16.6 Å². The van der Waals surface area contributed by atoms with Gasteiger partial charge in [0.1, 0.15) is 0 Å². The van der Waals surface area contributed by atoms with E-state index in [1.54, 1.807) is 18.4 Å². The summed E-state index contributed by atoms with van der Waals surface area (Å²) in [6, 6.07) is 0.185. The molecular weight excluding hydrogens is 188 g/mol. The zero-order valence-electron chi connectivity index (χ0n) is 7.82. The van der Waals surface area contributed by atoms with E-state index in [1.807, 2.05) is 18.6 Å². The third kappa shape index (κ3) is 3.82. The largest absolute Gasteiger partial charge is 0.382 e. The average Bonchev–Trinajstić information content (AvgIpc) is 2.65. The van der Waals surface area contributed by atoms with Gasteiger partial charge in [-0.15, -0.1) is 11.3 Å². The average molecular weight is 202 g/mol. The topological polar surface area (TPSA) is 43.4 Å². The van der Waals surface area contributed by atoms with Gasteiger partial charge in [0.2, 0.25) is 0 Å². The van der Waals surface area contributed by atoms with Crippen molar-refractivity contribution in [3.63, 3.8) is 0 Å². The van der Waals surface area contributed by atoms with Gasteiger partial charge in [-0.05, 0) is 6.92 Å². The number of ether oxygens (including phenoxy) is 1. The number of methoxy groups -OCH3 is 1. The van der Waals surface area contributed by atoms with Crippen molar-refractivity contribution in [1.29, 1.82) is 0 Å². The molecule has 0 fully saturated rings. The van der Waals surface area contributed by atoms with E-state index in [2.05, 4.69) is 10.5 Å². The van der Waals surface area contributed by atoms with Crippen molar-refractivity contribution in [1.82, 2.24) is 10.5 Å². The molecule has 1 aromatic heterocycles. The summed E-state index contributed by atoms with van der Waals surface area (Å²) in [6.07, 6.45) is 1.84. The van der Waals surface area contributed by atoms with Gasteiger partial charge in [-0.1, -0.05) is 0 Å². The third-order valence-corrected chi connectivity index (χ3v) is 2.49. The molecule has 1 rings (SSSR count). The molecule has 13 heavy (non-hydrogen) atoms. The molecule has 0 amide bonds. The van der Waals surface area contributed by atoms with Crippen molar-refractivity contribution >= 4 is 11.3 Å². The Kier molecular flexibility index (Phi) is 4.92. The lowest BCUT2D eigenvalue weighted by Gasteiger charge is -2.10. The second kappa shape index (κ2) is 6.04. The van der Waals surface area contributed by atoms with E-state index in [9.17, 15) is 0 Å². The van der Waals surface area contributed by atoms with Crippen LogP contribution in [0.5, 0.6) is 0 Å². The number of hydrogen-bond donors (Lipinski definition) is 1. The molecule has 1 atom stereocenters. The van der Waals surface area contributed by atoms with Crippen molar-refractivity contribution < 1.29 is 9.57 Å². The fraction of sp³-hybridized carbons (Fsp3) is 0.625. The number of thiazole rings is 1. The Morgan fingerprint density at radius 2 is 2.46 bits per heavy atom. The molecule has 5 heteroatoms. The highest BCUT2D eigenvalue weighted by Crippen LogP contribution is 2.15. The summed E-state index contributed by atoms with van der Waals surface area (Å²) in [5.41, 5.74) is 4.72. The summed E-state index contributed by atoms with van der Waals surface area (Å²) >= 11 is 1.61.